The molecule has 0 aliphatic carbocycles. The van der Waals surface area contributed by atoms with Gasteiger partial charge in [-0.15, -0.1) is 0 Å². The van der Waals surface area contributed by atoms with E-state index < -0.39 is 30.5 Å². The smallest absolute Gasteiger partial charge is 0.338 e. The minimum atomic E-state index is -0.940. The van der Waals surface area contributed by atoms with Gasteiger partial charge in [0.1, 0.15) is 6.61 Å². The SMILES string of the molecule is CC(=O)Nc1ccc(C(=O)OCC(=O)NNC(=O)[C@@H]2COc3ccccc3O2)cc1. The van der Waals surface area contributed by atoms with Gasteiger partial charge in [0.05, 0.1) is 5.56 Å². The minimum Gasteiger partial charge on any atom is -0.485 e. The maximum absolute atomic E-state index is 12.1. The molecule has 0 spiro atoms. The van der Waals surface area contributed by atoms with E-state index in [1.54, 1.807) is 24.3 Å². The lowest BCUT2D eigenvalue weighted by Crippen LogP contribution is -2.51. The van der Waals surface area contributed by atoms with Crippen LogP contribution in [-0.2, 0) is 19.1 Å². The highest BCUT2D eigenvalue weighted by Gasteiger charge is 2.27. The van der Waals surface area contributed by atoms with E-state index in [2.05, 4.69) is 16.2 Å². The molecule has 3 amide bonds. The predicted octanol–water partition coefficient (Wildman–Crippen LogP) is 0.789. The molecular weight excluding hydrogens is 394 g/mol. The highest BCUT2D eigenvalue weighted by atomic mass is 16.6. The largest absolute Gasteiger partial charge is 0.485 e. The zero-order valence-corrected chi connectivity index (χ0v) is 16.0. The first-order chi connectivity index (χ1) is 14.4. The van der Waals surface area contributed by atoms with Crippen LogP contribution in [0.5, 0.6) is 11.5 Å². The van der Waals surface area contributed by atoms with E-state index in [0.29, 0.717) is 17.2 Å². The number of carbonyl (C=O) groups is 4. The second-order valence-electron chi connectivity index (χ2n) is 6.24. The van der Waals surface area contributed by atoms with E-state index in [0.717, 1.165) is 0 Å². The van der Waals surface area contributed by atoms with Gasteiger partial charge in [-0.05, 0) is 36.4 Å². The molecule has 10 nitrogen and oxygen atoms in total. The van der Waals surface area contributed by atoms with Crippen LogP contribution in [0.3, 0.4) is 0 Å². The number of amides is 3. The van der Waals surface area contributed by atoms with Crippen LogP contribution in [0.4, 0.5) is 5.69 Å². The van der Waals surface area contributed by atoms with Gasteiger partial charge in [-0.1, -0.05) is 12.1 Å². The topological polar surface area (TPSA) is 132 Å². The number of carbonyl (C=O) groups excluding carboxylic acids is 4. The van der Waals surface area contributed by atoms with Crippen LogP contribution >= 0.6 is 0 Å². The zero-order valence-electron chi connectivity index (χ0n) is 16.0. The summed E-state index contributed by atoms with van der Waals surface area (Å²) in [7, 11) is 0. The van der Waals surface area contributed by atoms with Gasteiger partial charge in [0.25, 0.3) is 11.8 Å². The third-order valence-electron chi connectivity index (χ3n) is 3.90. The molecular formula is C20H19N3O7. The number of nitrogens with one attached hydrogen (secondary N) is 3. The maximum Gasteiger partial charge on any atom is 0.338 e. The predicted molar refractivity (Wildman–Crippen MR) is 104 cm³/mol. The Balaban J connectivity index is 1.41. The summed E-state index contributed by atoms with van der Waals surface area (Å²) in [5.74, 6) is -1.36. The van der Waals surface area contributed by atoms with E-state index in [1.807, 2.05) is 0 Å². The summed E-state index contributed by atoms with van der Waals surface area (Å²) < 4.78 is 15.8. The van der Waals surface area contributed by atoms with Crippen molar-refractivity contribution in [3.05, 3.63) is 54.1 Å². The van der Waals surface area contributed by atoms with Crippen LogP contribution in [0.25, 0.3) is 0 Å². The van der Waals surface area contributed by atoms with Crippen LogP contribution in [0, 0.1) is 0 Å². The standard InChI is InChI=1S/C20H19N3O7/c1-12(24)21-14-8-6-13(7-9-14)20(27)29-11-18(25)22-23-19(26)17-10-28-15-4-2-3-5-16(15)30-17/h2-9,17H,10-11H2,1H3,(H,21,24)(H,22,25)(H,23,26)/t17-/m0/s1. The Bertz CT molecular complexity index is 959. The molecule has 0 saturated heterocycles. The lowest BCUT2D eigenvalue weighted by Gasteiger charge is -2.25. The number of anilines is 1. The third-order valence-corrected chi connectivity index (χ3v) is 3.90. The molecule has 0 unspecified atom stereocenters. The molecule has 30 heavy (non-hydrogen) atoms. The highest BCUT2D eigenvalue weighted by molar-refractivity contribution is 5.93. The van der Waals surface area contributed by atoms with E-state index in [4.69, 9.17) is 14.2 Å². The van der Waals surface area contributed by atoms with Crippen LogP contribution in [0.15, 0.2) is 48.5 Å². The van der Waals surface area contributed by atoms with Gasteiger partial charge in [0.15, 0.2) is 18.1 Å². The number of benzene rings is 2. The van der Waals surface area contributed by atoms with E-state index in [-0.39, 0.29) is 18.1 Å². The lowest BCUT2D eigenvalue weighted by molar-refractivity contribution is -0.135. The Morgan fingerprint density at radius 3 is 2.40 bits per heavy atom. The molecule has 1 aliphatic heterocycles. The minimum absolute atomic E-state index is 0.0117. The molecule has 3 rings (SSSR count). The van der Waals surface area contributed by atoms with Crippen molar-refractivity contribution in [1.29, 1.82) is 0 Å². The van der Waals surface area contributed by atoms with Crippen LogP contribution in [0.2, 0.25) is 0 Å². The number of rotatable bonds is 5. The van der Waals surface area contributed by atoms with Crippen molar-refractivity contribution in [2.45, 2.75) is 13.0 Å². The molecule has 0 saturated carbocycles. The van der Waals surface area contributed by atoms with Crippen molar-refractivity contribution >= 4 is 29.4 Å². The first-order valence-corrected chi connectivity index (χ1v) is 8.94. The summed E-state index contributed by atoms with van der Waals surface area (Å²) >= 11 is 0. The van der Waals surface area contributed by atoms with Crippen molar-refractivity contribution in [2.24, 2.45) is 0 Å². The number of ether oxygens (including phenoxy) is 3. The third kappa shape index (κ3) is 5.47. The van der Waals surface area contributed by atoms with Crippen molar-refractivity contribution in [1.82, 2.24) is 10.9 Å². The lowest BCUT2D eigenvalue weighted by atomic mass is 10.2. The van der Waals surface area contributed by atoms with Crippen molar-refractivity contribution in [2.75, 3.05) is 18.5 Å². The monoisotopic (exact) mass is 413 g/mol. The van der Waals surface area contributed by atoms with E-state index >= 15 is 0 Å². The Morgan fingerprint density at radius 1 is 1.00 bits per heavy atom. The zero-order chi connectivity index (χ0) is 21.5. The summed E-state index contributed by atoms with van der Waals surface area (Å²) in [5.41, 5.74) is 5.07. The fourth-order valence-electron chi connectivity index (χ4n) is 2.50. The Hall–Kier alpha value is -4.08. The first-order valence-electron chi connectivity index (χ1n) is 8.94. The summed E-state index contributed by atoms with van der Waals surface area (Å²) in [6.07, 6.45) is -0.940. The number of hydrazine groups is 1. The highest BCUT2D eigenvalue weighted by Crippen LogP contribution is 2.30. The molecule has 3 N–H and O–H groups in total. The number of hydrogen-bond donors (Lipinski definition) is 3. The molecule has 2 aromatic rings. The van der Waals surface area contributed by atoms with Crippen LogP contribution < -0.4 is 25.6 Å². The molecule has 0 aromatic heterocycles. The summed E-state index contributed by atoms with van der Waals surface area (Å²) in [4.78, 5) is 46.9. The van der Waals surface area contributed by atoms with Gasteiger partial charge in [-0.25, -0.2) is 4.79 Å². The molecule has 10 heteroatoms. The average molecular weight is 413 g/mol. The molecule has 156 valence electrons. The fraction of sp³-hybridized carbons (Fsp3) is 0.200. The molecule has 1 atom stereocenters. The van der Waals surface area contributed by atoms with Gasteiger partial charge < -0.3 is 19.5 Å². The average Bonchev–Trinajstić information content (AvgIpc) is 2.75. The summed E-state index contributed by atoms with van der Waals surface area (Å²) in [6.45, 7) is 0.755. The van der Waals surface area contributed by atoms with Crippen molar-refractivity contribution < 1.29 is 33.4 Å². The second-order valence-corrected chi connectivity index (χ2v) is 6.24. The number of esters is 1. The maximum atomic E-state index is 12.1. The van der Waals surface area contributed by atoms with Gasteiger partial charge in [-0.3, -0.25) is 25.2 Å². The van der Waals surface area contributed by atoms with Crippen LogP contribution in [0.1, 0.15) is 17.3 Å². The molecule has 0 fully saturated rings. The number of para-hydroxylation sites is 2. The number of fused-ring (bicyclic) bond motifs is 1. The van der Waals surface area contributed by atoms with Gasteiger partial charge in [0.2, 0.25) is 12.0 Å². The normalized spacial score (nSPS) is 14.2. The van der Waals surface area contributed by atoms with Gasteiger partial charge >= 0.3 is 5.97 Å². The van der Waals surface area contributed by atoms with Crippen molar-refractivity contribution in [3.8, 4) is 11.5 Å². The fourth-order valence-corrected chi connectivity index (χ4v) is 2.50. The quantitative estimate of drug-likeness (QED) is 0.488. The summed E-state index contributed by atoms with van der Waals surface area (Å²) in [5, 5.41) is 2.57. The van der Waals surface area contributed by atoms with Crippen molar-refractivity contribution in [3.63, 3.8) is 0 Å². The molecule has 2 aromatic carbocycles. The van der Waals surface area contributed by atoms with Gasteiger partial charge in [-0.2, -0.15) is 0 Å². The Labute approximate surface area is 171 Å². The molecule has 0 radical (unpaired) electrons. The molecule has 0 bridgehead atoms. The Morgan fingerprint density at radius 2 is 1.70 bits per heavy atom. The van der Waals surface area contributed by atoms with Gasteiger partial charge in [0, 0.05) is 12.6 Å². The second kappa shape index (κ2) is 9.41. The number of hydrogen-bond acceptors (Lipinski definition) is 7. The molecule has 1 aliphatic rings. The summed E-state index contributed by atoms with van der Waals surface area (Å²) in [6, 6.07) is 12.9. The van der Waals surface area contributed by atoms with Crippen LogP contribution in [-0.4, -0.2) is 43.0 Å². The first kappa shape index (κ1) is 20.6. The van der Waals surface area contributed by atoms with E-state index in [1.165, 1.54) is 31.2 Å². The van der Waals surface area contributed by atoms with E-state index in [9.17, 15) is 19.2 Å². The molecule has 1 heterocycles. The Kier molecular flexibility index (Phi) is 6.48.